The number of hydrogen-bond acceptors (Lipinski definition) is 3. The van der Waals surface area contributed by atoms with E-state index < -0.39 is 12.0 Å². The number of hydrogen-bond donors (Lipinski definition) is 2. The highest BCUT2D eigenvalue weighted by Crippen LogP contribution is 2.23. The minimum Gasteiger partial charge on any atom is -0.488 e. The lowest BCUT2D eigenvalue weighted by Gasteiger charge is -2.23. The van der Waals surface area contributed by atoms with Gasteiger partial charge in [-0.05, 0) is 32.4 Å². The first kappa shape index (κ1) is 13.5. The molecule has 94 valence electrons. The summed E-state index contributed by atoms with van der Waals surface area (Å²) in [5.74, 6) is -0.313. The molecule has 1 rings (SSSR count). The Labute approximate surface area is 101 Å². The maximum Gasteiger partial charge on any atom is 0.320 e. The highest BCUT2D eigenvalue weighted by molar-refractivity contribution is 5.73. The minimum atomic E-state index is -1.00. The van der Waals surface area contributed by atoms with Crippen molar-refractivity contribution < 1.29 is 14.6 Å². The van der Waals surface area contributed by atoms with Crippen LogP contribution >= 0.6 is 0 Å². The summed E-state index contributed by atoms with van der Waals surface area (Å²) >= 11 is 0. The lowest BCUT2D eigenvalue weighted by atomic mass is 10.0. The van der Waals surface area contributed by atoms with Crippen molar-refractivity contribution in [3.05, 3.63) is 29.8 Å². The van der Waals surface area contributed by atoms with Gasteiger partial charge in [-0.15, -0.1) is 0 Å². The van der Waals surface area contributed by atoms with Crippen LogP contribution in [-0.2, 0) is 11.2 Å². The fourth-order valence-corrected chi connectivity index (χ4v) is 1.43. The van der Waals surface area contributed by atoms with Gasteiger partial charge < -0.3 is 15.6 Å². The third kappa shape index (κ3) is 4.44. The number of para-hydroxylation sites is 1. The van der Waals surface area contributed by atoms with Crippen molar-refractivity contribution in [1.82, 2.24) is 0 Å². The molecule has 1 aromatic rings. The van der Waals surface area contributed by atoms with Crippen LogP contribution in [0.1, 0.15) is 26.3 Å². The molecule has 0 bridgehead atoms. The minimum absolute atomic E-state index is 0.265. The summed E-state index contributed by atoms with van der Waals surface area (Å²) < 4.78 is 5.76. The average molecular weight is 237 g/mol. The Hall–Kier alpha value is -1.55. The van der Waals surface area contributed by atoms with Gasteiger partial charge in [0.1, 0.15) is 17.4 Å². The van der Waals surface area contributed by atoms with Crippen LogP contribution in [0.5, 0.6) is 5.75 Å². The highest BCUT2D eigenvalue weighted by atomic mass is 16.5. The standard InChI is InChI=1S/C13H19NO3/c1-13(2,3)17-11-7-5-4-6-9(11)8-10(14)12(15)16/h4-7,10H,8,14H2,1-3H3,(H,15,16)/t10-/m0/s1. The smallest absolute Gasteiger partial charge is 0.320 e. The molecule has 0 aliphatic heterocycles. The number of rotatable bonds is 4. The molecule has 4 heteroatoms. The van der Waals surface area contributed by atoms with E-state index in [4.69, 9.17) is 15.6 Å². The third-order valence-electron chi connectivity index (χ3n) is 2.15. The van der Waals surface area contributed by atoms with E-state index in [2.05, 4.69) is 0 Å². The van der Waals surface area contributed by atoms with Gasteiger partial charge in [0.2, 0.25) is 0 Å². The molecule has 0 radical (unpaired) electrons. The van der Waals surface area contributed by atoms with E-state index in [1.54, 1.807) is 0 Å². The second kappa shape index (κ2) is 5.19. The summed E-state index contributed by atoms with van der Waals surface area (Å²) in [7, 11) is 0. The maximum atomic E-state index is 10.7. The Bertz CT molecular complexity index is 396. The van der Waals surface area contributed by atoms with Gasteiger partial charge in [-0.25, -0.2) is 0 Å². The lowest BCUT2D eigenvalue weighted by Crippen LogP contribution is -2.32. The van der Waals surface area contributed by atoms with Crippen molar-refractivity contribution in [3.63, 3.8) is 0 Å². The van der Waals surface area contributed by atoms with E-state index in [1.165, 1.54) is 0 Å². The number of carboxylic acid groups (broad SMARTS) is 1. The number of benzene rings is 1. The number of ether oxygens (including phenoxy) is 1. The lowest BCUT2D eigenvalue weighted by molar-refractivity contribution is -0.138. The molecule has 0 amide bonds. The Morgan fingerprint density at radius 1 is 1.41 bits per heavy atom. The van der Waals surface area contributed by atoms with Crippen LogP contribution in [0.4, 0.5) is 0 Å². The van der Waals surface area contributed by atoms with Crippen molar-refractivity contribution >= 4 is 5.97 Å². The van der Waals surface area contributed by atoms with Crippen molar-refractivity contribution in [2.45, 2.75) is 38.8 Å². The third-order valence-corrected chi connectivity index (χ3v) is 2.15. The molecule has 0 aliphatic rings. The summed E-state index contributed by atoms with van der Waals surface area (Å²) in [6.07, 6.45) is 0.265. The maximum absolute atomic E-state index is 10.7. The Morgan fingerprint density at radius 2 is 2.00 bits per heavy atom. The van der Waals surface area contributed by atoms with Crippen molar-refractivity contribution in [2.24, 2.45) is 5.73 Å². The molecular formula is C13H19NO3. The van der Waals surface area contributed by atoms with Gasteiger partial charge in [-0.2, -0.15) is 0 Å². The predicted octanol–water partition coefficient (Wildman–Crippen LogP) is 1.82. The summed E-state index contributed by atoms with van der Waals surface area (Å²) in [6.45, 7) is 5.84. The average Bonchev–Trinajstić information content (AvgIpc) is 2.18. The van der Waals surface area contributed by atoms with Gasteiger partial charge in [-0.3, -0.25) is 4.79 Å². The molecule has 0 saturated heterocycles. The molecule has 0 aromatic heterocycles. The Balaban J connectivity index is 2.88. The van der Waals surface area contributed by atoms with E-state index in [0.29, 0.717) is 5.75 Å². The van der Waals surface area contributed by atoms with Crippen molar-refractivity contribution in [3.8, 4) is 5.75 Å². The molecule has 3 N–H and O–H groups in total. The quantitative estimate of drug-likeness (QED) is 0.837. The van der Waals surface area contributed by atoms with Crippen LogP contribution in [0.15, 0.2) is 24.3 Å². The summed E-state index contributed by atoms with van der Waals surface area (Å²) in [4.78, 5) is 10.7. The Morgan fingerprint density at radius 3 is 2.53 bits per heavy atom. The zero-order chi connectivity index (χ0) is 13.1. The first-order valence-corrected chi connectivity index (χ1v) is 5.55. The van der Waals surface area contributed by atoms with Crippen molar-refractivity contribution in [1.29, 1.82) is 0 Å². The number of carbonyl (C=O) groups is 1. The van der Waals surface area contributed by atoms with E-state index in [1.807, 2.05) is 45.0 Å². The van der Waals surface area contributed by atoms with Gasteiger partial charge >= 0.3 is 5.97 Å². The molecule has 0 unspecified atom stereocenters. The molecule has 0 aliphatic carbocycles. The fourth-order valence-electron chi connectivity index (χ4n) is 1.43. The summed E-state index contributed by atoms with van der Waals surface area (Å²) in [5, 5.41) is 8.80. The zero-order valence-corrected chi connectivity index (χ0v) is 10.4. The van der Waals surface area contributed by atoms with Crippen LogP contribution in [0.3, 0.4) is 0 Å². The number of carboxylic acids is 1. The van der Waals surface area contributed by atoms with E-state index in [9.17, 15) is 4.79 Å². The van der Waals surface area contributed by atoms with Crippen LogP contribution in [-0.4, -0.2) is 22.7 Å². The molecule has 0 spiro atoms. The second-order valence-corrected chi connectivity index (χ2v) is 4.97. The normalized spacial score (nSPS) is 13.2. The molecule has 1 atom stereocenters. The van der Waals surface area contributed by atoms with E-state index in [0.717, 1.165) is 5.56 Å². The van der Waals surface area contributed by atoms with Crippen LogP contribution in [0.25, 0.3) is 0 Å². The molecule has 0 saturated carbocycles. The van der Waals surface area contributed by atoms with E-state index in [-0.39, 0.29) is 12.0 Å². The zero-order valence-electron chi connectivity index (χ0n) is 10.4. The van der Waals surface area contributed by atoms with Gasteiger partial charge in [0.15, 0.2) is 0 Å². The largest absolute Gasteiger partial charge is 0.488 e. The number of aliphatic carboxylic acids is 1. The van der Waals surface area contributed by atoms with Crippen molar-refractivity contribution in [2.75, 3.05) is 0 Å². The molecule has 0 fully saturated rings. The van der Waals surface area contributed by atoms with Gasteiger partial charge in [0.05, 0.1) is 0 Å². The van der Waals surface area contributed by atoms with Crippen LogP contribution < -0.4 is 10.5 Å². The van der Waals surface area contributed by atoms with Gasteiger partial charge in [-0.1, -0.05) is 18.2 Å². The highest BCUT2D eigenvalue weighted by Gasteiger charge is 2.18. The monoisotopic (exact) mass is 237 g/mol. The fraction of sp³-hybridized carbons (Fsp3) is 0.462. The van der Waals surface area contributed by atoms with Crippen LogP contribution in [0, 0.1) is 0 Å². The van der Waals surface area contributed by atoms with E-state index >= 15 is 0 Å². The van der Waals surface area contributed by atoms with Crippen LogP contribution in [0.2, 0.25) is 0 Å². The number of nitrogens with two attached hydrogens (primary N) is 1. The summed E-state index contributed by atoms with van der Waals surface area (Å²) in [6, 6.07) is 6.47. The van der Waals surface area contributed by atoms with Gasteiger partial charge in [0, 0.05) is 6.42 Å². The molecule has 4 nitrogen and oxygen atoms in total. The predicted molar refractivity (Wildman–Crippen MR) is 66.1 cm³/mol. The SMILES string of the molecule is CC(C)(C)Oc1ccccc1C[C@H](N)C(=O)O. The molecule has 1 aromatic carbocycles. The van der Waals surface area contributed by atoms with Gasteiger partial charge in [0.25, 0.3) is 0 Å². The topological polar surface area (TPSA) is 72.5 Å². The first-order valence-electron chi connectivity index (χ1n) is 5.55. The molecule has 17 heavy (non-hydrogen) atoms. The summed E-state index contributed by atoms with van der Waals surface area (Å²) in [5.41, 5.74) is 6.03. The second-order valence-electron chi connectivity index (χ2n) is 4.97. The molecular weight excluding hydrogens is 218 g/mol. The molecule has 0 heterocycles. The Kier molecular flexibility index (Phi) is 4.12. The first-order chi connectivity index (χ1) is 7.79.